The number of unbranched alkanes of at least 4 members (excludes halogenated alkanes) is 1. The zero-order valence-electron chi connectivity index (χ0n) is 16.9. The highest BCUT2D eigenvalue weighted by Gasteiger charge is 2.13. The van der Waals surface area contributed by atoms with Gasteiger partial charge in [-0.1, -0.05) is 58.4 Å². The van der Waals surface area contributed by atoms with Crippen LogP contribution in [-0.4, -0.2) is 17.1 Å². The number of aryl methyl sites for hydroxylation is 2. The molecule has 28 heavy (non-hydrogen) atoms. The molecule has 2 aromatic carbocycles. The van der Waals surface area contributed by atoms with Crippen molar-refractivity contribution >= 4 is 21.8 Å². The Morgan fingerprint density at radius 3 is 2.39 bits per heavy atom. The number of aromatic nitrogens is 2. The van der Waals surface area contributed by atoms with Crippen LogP contribution in [0, 0.1) is 13.8 Å². The molecule has 0 spiro atoms. The van der Waals surface area contributed by atoms with Crippen molar-refractivity contribution < 1.29 is 4.74 Å². The zero-order valence-corrected chi connectivity index (χ0v) is 16.9. The summed E-state index contributed by atoms with van der Waals surface area (Å²) in [5, 5.41) is 2.31. The molecule has 2 aromatic heterocycles. The molecule has 4 aromatic rings. The van der Waals surface area contributed by atoms with Gasteiger partial charge in [0.1, 0.15) is 5.75 Å². The largest absolute Gasteiger partial charge is 0.497 e. The van der Waals surface area contributed by atoms with E-state index >= 15 is 0 Å². The highest BCUT2D eigenvalue weighted by atomic mass is 16.5. The molecule has 0 aliphatic rings. The quantitative estimate of drug-likeness (QED) is 0.403. The molecule has 0 atom stereocenters. The number of para-hydroxylation sites is 1. The molecule has 0 radical (unpaired) electrons. The first kappa shape index (κ1) is 21.5. The molecule has 3 heteroatoms. The van der Waals surface area contributed by atoms with Crippen LogP contribution in [0.15, 0.2) is 48.5 Å². The van der Waals surface area contributed by atoms with Gasteiger partial charge in [0, 0.05) is 27.5 Å². The number of ether oxygens (including phenoxy) is 1. The SMILES string of the molecule is C.CCCC.COc1ccc2[nH]c(C)c(-c3ccc4cccc(C)c4n3)c2c1. The first-order chi connectivity index (χ1) is 13.1. The summed E-state index contributed by atoms with van der Waals surface area (Å²) < 4.78 is 5.38. The third-order valence-corrected chi connectivity index (χ3v) is 4.87. The van der Waals surface area contributed by atoms with Gasteiger partial charge in [-0.3, -0.25) is 0 Å². The van der Waals surface area contributed by atoms with Gasteiger partial charge in [0.2, 0.25) is 0 Å². The van der Waals surface area contributed by atoms with Crippen LogP contribution in [0.1, 0.15) is 45.4 Å². The van der Waals surface area contributed by atoms with Gasteiger partial charge in [0.15, 0.2) is 0 Å². The van der Waals surface area contributed by atoms with Crippen LogP contribution in [0.3, 0.4) is 0 Å². The molecule has 0 fully saturated rings. The summed E-state index contributed by atoms with van der Waals surface area (Å²) in [7, 11) is 1.69. The van der Waals surface area contributed by atoms with E-state index in [1.807, 2.05) is 6.07 Å². The maximum Gasteiger partial charge on any atom is 0.119 e. The van der Waals surface area contributed by atoms with E-state index in [4.69, 9.17) is 9.72 Å². The Morgan fingerprint density at radius 2 is 1.71 bits per heavy atom. The zero-order chi connectivity index (χ0) is 19.4. The molecule has 0 aliphatic carbocycles. The van der Waals surface area contributed by atoms with E-state index in [0.29, 0.717) is 0 Å². The van der Waals surface area contributed by atoms with E-state index in [1.54, 1.807) is 7.11 Å². The van der Waals surface area contributed by atoms with E-state index in [1.165, 1.54) is 23.8 Å². The number of methoxy groups -OCH3 is 1. The van der Waals surface area contributed by atoms with Gasteiger partial charge in [0.05, 0.1) is 18.3 Å². The molecule has 4 rings (SSSR count). The summed E-state index contributed by atoms with van der Waals surface area (Å²) in [6.45, 7) is 8.55. The molecule has 2 heterocycles. The van der Waals surface area contributed by atoms with Crippen LogP contribution in [0.4, 0.5) is 0 Å². The molecule has 0 saturated carbocycles. The van der Waals surface area contributed by atoms with E-state index in [-0.39, 0.29) is 7.43 Å². The van der Waals surface area contributed by atoms with Crippen molar-refractivity contribution in [3.63, 3.8) is 0 Å². The van der Waals surface area contributed by atoms with E-state index in [9.17, 15) is 0 Å². The second kappa shape index (κ2) is 9.41. The average molecular weight is 377 g/mol. The fraction of sp³-hybridized carbons (Fsp3) is 0.320. The fourth-order valence-electron chi connectivity index (χ4n) is 3.20. The second-order valence-electron chi connectivity index (χ2n) is 6.88. The summed E-state index contributed by atoms with van der Waals surface area (Å²) in [5.41, 5.74) is 6.60. The van der Waals surface area contributed by atoms with Crippen LogP contribution >= 0.6 is 0 Å². The maximum absolute atomic E-state index is 5.38. The van der Waals surface area contributed by atoms with Crippen LogP contribution in [0.25, 0.3) is 33.1 Å². The Balaban J connectivity index is 0.000000515. The minimum absolute atomic E-state index is 0. The number of nitrogens with one attached hydrogen (secondary N) is 1. The summed E-state index contributed by atoms with van der Waals surface area (Å²) in [4.78, 5) is 8.37. The molecule has 1 N–H and O–H groups in total. The van der Waals surface area contributed by atoms with Gasteiger partial charge in [-0.25, -0.2) is 4.98 Å². The van der Waals surface area contributed by atoms with Crippen molar-refractivity contribution in [3.05, 3.63) is 59.8 Å². The Bertz CT molecular complexity index is 1060. The number of pyridine rings is 1. The number of hydrogen-bond acceptors (Lipinski definition) is 2. The normalized spacial score (nSPS) is 10.3. The van der Waals surface area contributed by atoms with Gasteiger partial charge in [-0.05, 0) is 43.7 Å². The Labute approximate surface area is 168 Å². The Hall–Kier alpha value is -2.81. The molecule has 0 amide bonds. The van der Waals surface area contributed by atoms with Crippen molar-refractivity contribution in [1.29, 1.82) is 0 Å². The molecule has 0 saturated heterocycles. The standard InChI is InChI=1S/C20H18N2O.C4H10.CH4/c1-12-5-4-6-14-7-9-18(22-20(12)14)19-13(2)21-17-10-8-15(23-3)11-16(17)19;1-3-4-2;/h4-11,21H,1-3H3;3-4H2,1-2H3;1H4. The average Bonchev–Trinajstić information content (AvgIpc) is 3.03. The molecule has 0 aliphatic heterocycles. The number of nitrogens with zero attached hydrogens (tertiary/aromatic N) is 1. The minimum atomic E-state index is 0. The van der Waals surface area contributed by atoms with Crippen molar-refractivity contribution in [2.24, 2.45) is 0 Å². The predicted octanol–water partition coefficient (Wildman–Crippen LogP) is 7.45. The topological polar surface area (TPSA) is 37.9 Å². The first-order valence-corrected chi connectivity index (χ1v) is 9.62. The minimum Gasteiger partial charge on any atom is -0.497 e. The van der Waals surface area contributed by atoms with Gasteiger partial charge in [-0.15, -0.1) is 0 Å². The predicted molar refractivity (Wildman–Crippen MR) is 122 cm³/mol. The highest BCUT2D eigenvalue weighted by molar-refractivity contribution is 5.98. The van der Waals surface area contributed by atoms with Crippen LogP contribution in [-0.2, 0) is 0 Å². The molecule has 3 nitrogen and oxygen atoms in total. The van der Waals surface area contributed by atoms with E-state index in [0.717, 1.165) is 39.1 Å². The Kier molecular flexibility index (Phi) is 7.22. The van der Waals surface area contributed by atoms with Gasteiger partial charge in [-0.2, -0.15) is 0 Å². The van der Waals surface area contributed by atoms with Crippen molar-refractivity contribution in [3.8, 4) is 17.0 Å². The summed E-state index contributed by atoms with van der Waals surface area (Å²) in [6.07, 6.45) is 2.64. The lowest BCUT2D eigenvalue weighted by Crippen LogP contribution is -1.89. The van der Waals surface area contributed by atoms with Gasteiger partial charge < -0.3 is 9.72 Å². The van der Waals surface area contributed by atoms with Gasteiger partial charge >= 0.3 is 0 Å². The summed E-state index contributed by atoms with van der Waals surface area (Å²) in [6, 6.07) is 16.6. The number of benzene rings is 2. The van der Waals surface area contributed by atoms with Crippen LogP contribution in [0.5, 0.6) is 5.75 Å². The van der Waals surface area contributed by atoms with Crippen molar-refractivity contribution in [1.82, 2.24) is 9.97 Å². The molecule has 0 bridgehead atoms. The molecule has 0 unspecified atom stereocenters. The number of H-pyrrole nitrogens is 1. The maximum atomic E-state index is 5.38. The third-order valence-electron chi connectivity index (χ3n) is 4.87. The fourth-order valence-corrected chi connectivity index (χ4v) is 3.20. The highest BCUT2D eigenvalue weighted by Crippen LogP contribution is 2.34. The molecular weight excluding hydrogens is 344 g/mol. The summed E-state index contributed by atoms with van der Waals surface area (Å²) in [5.74, 6) is 0.856. The van der Waals surface area contributed by atoms with Gasteiger partial charge in [0.25, 0.3) is 0 Å². The number of rotatable bonds is 3. The Morgan fingerprint density at radius 1 is 0.964 bits per heavy atom. The summed E-state index contributed by atoms with van der Waals surface area (Å²) >= 11 is 0. The first-order valence-electron chi connectivity index (χ1n) is 9.62. The number of aromatic amines is 1. The smallest absolute Gasteiger partial charge is 0.119 e. The number of fused-ring (bicyclic) bond motifs is 2. The van der Waals surface area contributed by atoms with E-state index < -0.39 is 0 Å². The number of hydrogen-bond donors (Lipinski definition) is 1. The lowest BCUT2D eigenvalue weighted by Gasteiger charge is -2.06. The lowest BCUT2D eigenvalue weighted by atomic mass is 10.0. The molecule has 148 valence electrons. The van der Waals surface area contributed by atoms with Crippen molar-refractivity contribution in [2.75, 3.05) is 7.11 Å². The third kappa shape index (κ3) is 4.19. The van der Waals surface area contributed by atoms with Crippen LogP contribution in [0.2, 0.25) is 0 Å². The van der Waals surface area contributed by atoms with E-state index in [2.05, 4.69) is 75.1 Å². The lowest BCUT2D eigenvalue weighted by molar-refractivity contribution is 0.415. The monoisotopic (exact) mass is 376 g/mol. The second-order valence-corrected chi connectivity index (χ2v) is 6.88. The molecular formula is C25H32N2O. The van der Waals surface area contributed by atoms with Crippen molar-refractivity contribution in [2.45, 2.75) is 48.0 Å². The van der Waals surface area contributed by atoms with Crippen LogP contribution < -0.4 is 4.74 Å².